The number of aromatic nitrogens is 3. The molecule has 0 bridgehead atoms. The van der Waals surface area contributed by atoms with Crippen LogP contribution in [0.5, 0.6) is 0 Å². The van der Waals surface area contributed by atoms with Gasteiger partial charge in [0, 0.05) is 31.6 Å². The molecule has 0 spiro atoms. The fourth-order valence-corrected chi connectivity index (χ4v) is 4.17. The first-order valence-corrected chi connectivity index (χ1v) is 9.81. The summed E-state index contributed by atoms with van der Waals surface area (Å²) in [6, 6.07) is 9.22. The monoisotopic (exact) mass is 403 g/mol. The van der Waals surface area contributed by atoms with Gasteiger partial charge in [0.15, 0.2) is 5.13 Å². The van der Waals surface area contributed by atoms with Crippen LogP contribution >= 0.6 is 22.9 Å². The van der Waals surface area contributed by atoms with Crippen LogP contribution in [-0.2, 0) is 6.61 Å². The quantitative estimate of drug-likeness (QED) is 0.719. The maximum absolute atomic E-state index is 12.7. The molecule has 1 aliphatic rings. The predicted octanol–water partition coefficient (Wildman–Crippen LogP) is 2.16. The van der Waals surface area contributed by atoms with Gasteiger partial charge in [0.25, 0.3) is 5.56 Å². The molecule has 1 aromatic carbocycles. The number of rotatable bonds is 4. The first-order valence-electron chi connectivity index (χ1n) is 8.56. The van der Waals surface area contributed by atoms with E-state index in [0.29, 0.717) is 30.2 Å². The number of para-hydroxylation sites is 1. The molecule has 1 aliphatic heterocycles. The first-order chi connectivity index (χ1) is 13.2. The Morgan fingerprint density at radius 1 is 1.11 bits per heavy atom. The molecule has 0 aliphatic carbocycles. The Kier molecular flexibility index (Phi) is 5.11. The first kappa shape index (κ1) is 18.0. The lowest BCUT2D eigenvalue weighted by Gasteiger charge is -2.36. The highest BCUT2D eigenvalue weighted by molar-refractivity contribution is 7.13. The van der Waals surface area contributed by atoms with Gasteiger partial charge in [-0.05, 0) is 12.1 Å². The van der Waals surface area contributed by atoms with Crippen molar-refractivity contribution in [3.8, 4) is 5.69 Å². The topological polar surface area (TPSA) is 74.5 Å². The zero-order valence-electron chi connectivity index (χ0n) is 14.5. The highest BCUT2D eigenvalue weighted by atomic mass is 35.5. The van der Waals surface area contributed by atoms with E-state index in [1.807, 2.05) is 35.7 Å². The van der Waals surface area contributed by atoms with E-state index in [1.54, 1.807) is 6.20 Å². The molecule has 2 aromatic heterocycles. The van der Waals surface area contributed by atoms with Crippen LogP contribution in [0.4, 0.5) is 10.8 Å². The van der Waals surface area contributed by atoms with Crippen molar-refractivity contribution in [1.82, 2.24) is 14.8 Å². The van der Waals surface area contributed by atoms with Crippen LogP contribution < -0.4 is 15.4 Å². The maximum atomic E-state index is 12.7. The minimum absolute atomic E-state index is 0.0462. The molecule has 0 unspecified atom stereocenters. The van der Waals surface area contributed by atoms with Crippen LogP contribution in [0.3, 0.4) is 0 Å². The highest BCUT2D eigenvalue weighted by Crippen LogP contribution is 2.26. The molecule has 3 heterocycles. The summed E-state index contributed by atoms with van der Waals surface area (Å²) in [6.45, 7) is 2.90. The summed E-state index contributed by atoms with van der Waals surface area (Å²) in [5.41, 5.74) is 1.71. The summed E-state index contributed by atoms with van der Waals surface area (Å²) >= 11 is 7.92. The molecule has 1 fully saturated rings. The fourth-order valence-electron chi connectivity index (χ4n) is 3.05. The third kappa shape index (κ3) is 3.55. The zero-order valence-corrected chi connectivity index (χ0v) is 16.0. The number of hydrogen-bond acceptors (Lipinski definition) is 7. The molecule has 1 saturated heterocycles. The van der Waals surface area contributed by atoms with Crippen molar-refractivity contribution in [1.29, 1.82) is 0 Å². The molecule has 0 amide bonds. The van der Waals surface area contributed by atoms with E-state index in [9.17, 15) is 4.79 Å². The number of halogens is 1. The predicted molar refractivity (Wildman–Crippen MR) is 107 cm³/mol. The van der Waals surface area contributed by atoms with Gasteiger partial charge < -0.3 is 14.9 Å². The van der Waals surface area contributed by atoms with E-state index in [2.05, 4.69) is 19.9 Å². The minimum Gasteiger partial charge on any atom is -0.390 e. The largest absolute Gasteiger partial charge is 0.390 e. The number of nitrogens with zero attached hydrogens (tertiary/aromatic N) is 5. The Balaban J connectivity index is 1.52. The van der Waals surface area contributed by atoms with Crippen LogP contribution in [0.15, 0.2) is 46.7 Å². The Hall–Kier alpha value is -2.42. The molecule has 3 aromatic rings. The van der Waals surface area contributed by atoms with Gasteiger partial charge in [-0.25, -0.2) is 4.98 Å². The average Bonchev–Trinajstić information content (AvgIpc) is 3.20. The van der Waals surface area contributed by atoms with E-state index in [-0.39, 0.29) is 17.2 Å². The maximum Gasteiger partial charge on any atom is 0.292 e. The summed E-state index contributed by atoms with van der Waals surface area (Å²) < 4.78 is 1.31. The molecule has 1 N–H and O–H groups in total. The van der Waals surface area contributed by atoms with E-state index < -0.39 is 0 Å². The van der Waals surface area contributed by atoms with Crippen LogP contribution in [0.2, 0.25) is 5.02 Å². The number of piperazine rings is 1. The van der Waals surface area contributed by atoms with Crippen molar-refractivity contribution in [2.45, 2.75) is 6.61 Å². The number of hydrogen-bond donors (Lipinski definition) is 1. The van der Waals surface area contributed by atoms with Crippen molar-refractivity contribution < 1.29 is 5.11 Å². The van der Waals surface area contributed by atoms with Gasteiger partial charge in [0.1, 0.15) is 5.02 Å². The molecule has 0 atom stereocenters. The Bertz CT molecular complexity index is 983. The average molecular weight is 404 g/mol. The molecule has 0 saturated carbocycles. The number of aliphatic hydroxyl groups excluding tert-OH is 1. The minimum atomic E-state index is -0.324. The lowest BCUT2D eigenvalue weighted by atomic mass is 10.3. The number of thiazole rings is 1. The van der Waals surface area contributed by atoms with Crippen LogP contribution in [0.1, 0.15) is 5.69 Å². The Labute approximate surface area is 165 Å². The van der Waals surface area contributed by atoms with Crippen LogP contribution in [0, 0.1) is 0 Å². The van der Waals surface area contributed by atoms with Crippen molar-refractivity contribution in [3.63, 3.8) is 0 Å². The lowest BCUT2D eigenvalue weighted by molar-refractivity contribution is 0.277. The van der Waals surface area contributed by atoms with Crippen LogP contribution in [-0.4, -0.2) is 46.1 Å². The summed E-state index contributed by atoms with van der Waals surface area (Å²) in [7, 11) is 0. The third-order valence-corrected chi connectivity index (χ3v) is 5.80. The summed E-state index contributed by atoms with van der Waals surface area (Å²) in [4.78, 5) is 21.3. The van der Waals surface area contributed by atoms with Gasteiger partial charge in [-0.1, -0.05) is 29.8 Å². The second-order valence-corrected chi connectivity index (χ2v) is 7.36. The van der Waals surface area contributed by atoms with E-state index >= 15 is 0 Å². The Morgan fingerprint density at radius 2 is 1.81 bits per heavy atom. The normalized spacial score (nSPS) is 14.6. The van der Waals surface area contributed by atoms with Gasteiger partial charge in [-0.2, -0.15) is 9.78 Å². The second kappa shape index (κ2) is 7.67. The Morgan fingerprint density at radius 3 is 2.48 bits per heavy atom. The van der Waals surface area contributed by atoms with Crippen molar-refractivity contribution in [2.24, 2.45) is 0 Å². The fraction of sp³-hybridized carbons (Fsp3) is 0.278. The lowest BCUT2D eigenvalue weighted by Crippen LogP contribution is -2.47. The molecule has 9 heteroatoms. The highest BCUT2D eigenvalue weighted by Gasteiger charge is 2.23. The molecular weight excluding hydrogens is 386 g/mol. The molecule has 0 radical (unpaired) electrons. The summed E-state index contributed by atoms with van der Waals surface area (Å²) in [5.74, 6) is 0. The number of anilines is 2. The number of aliphatic hydroxyl groups is 1. The summed E-state index contributed by atoms with van der Waals surface area (Å²) in [6.07, 6.45) is 1.65. The smallest absolute Gasteiger partial charge is 0.292 e. The molecule has 140 valence electrons. The van der Waals surface area contributed by atoms with Gasteiger partial charge in [-0.15, -0.1) is 11.3 Å². The summed E-state index contributed by atoms with van der Waals surface area (Å²) in [5, 5.41) is 16.4. The van der Waals surface area contributed by atoms with Gasteiger partial charge in [0.2, 0.25) is 0 Å². The molecule has 7 nitrogen and oxygen atoms in total. The van der Waals surface area contributed by atoms with Crippen molar-refractivity contribution in [2.75, 3.05) is 36.0 Å². The van der Waals surface area contributed by atoms with Gasteiger partial charge in [0.05, 0.1) is 29.9 Å². The number of benzene rings is 1. The SMILES string of the molecule is O=c1c(Cl)c(N2CCN(c3nc(CO)cs3)CC2)cnn1-c1ccccc1. The van der Waals surface area contributed by atoms with E-state index in [0.717, 1.165) is 18.2 Å². The van der Waals surface area contributed by atoms with Crippen LogP contribution in [0.25, 0.3) is 5.69 Å². The zero-order chi connectivity index (χ0) is 18.8. The van der Waals surface area contributed by atoms with Gasteiger partial charge in [-0.3, -0.25) is 4.79 Å². The molecule has 4 rings (SSSR count). The van der Waals surface area contributed by atoms with Crippen molar-refractivity contribution in [3.05, 3.63) is 63.0 Å². The van der Waals surface area contributed by atoms with E-state index in [1.165, 1.54) is 16.0 Å². The molecule has 27 heavy (non-hydrogen) atoms. The standard InChI is InChI=1S/C18H18ClN5O2S/c19-16-15(10-20-24(17(16)26)14-4-2-1-3-5-14)22-6-8-23(9-7-22)18-21-13(11-25)12-27-18/h1-5,10,12,25H,6-9,11H2. The third-order valence-electron chi connectivity index (χ3n) is 4.49. The van der Waals surface area contributed by atoms with E-state index in [4.69, 9.17) is 16.7 Å². The van der Waals surface area contributed by atoms with Gasteiger partial charge >= 0.3 is 0 Å². The molecular formula is C18H18ClN5O2S. The van der Waals surface area contributed by atoms with Crippen molar-refractivity contribution >= 4 is 33.8 Å². The second-order valence-electron chi connectivity index (χ2n) is 6.15.